The Kier molecular flexibility index (Phi) is 8.29. The summed E-state index contributed by atoms with van der Waals surface area (Å²) in [6.45, 7) is 9.74. The average molecular weight is 522 g/mol. The highest BCUT2D eigenvalue weighted by atomic mass is 32.1. The number of anilines is 1. The third kappa shape index (κ3) is 6.19. The van der Waals surface area contributed by atoms with Crippen molar-refractivity contribution in [3.05, 3.63) is 57.8 Å². The van der Waals surface area contributed by atoms with E-state index in [0.717, 1.165) is 29.9 Å². The highest BCUT2D eigenvalue weighted by Crippen LogP contribution is 2.36. The van der Waals surface area contributed by atoms with E-state index in [-0.39, 0.29) is 11.3 Å². The molecule has 0 atom stereocenters. The normalized spacial score (nSPS) is 14.4. The lowest BCUT2D eigenvalue weighted by Crippen LogP contribution is -2.33. The Morgan fingerprint density at radius 2 is 1.70 bits per heavy atom. The highest BCUT2D eigenvalue weighted by molar-refractivity contribution is 7.14. The van der Waals surface area contributed by atoms with Gasteiger partial charge in [0.05, 0.1) is 5.69 Å². The second-order valence-corrected chi connectivity index (χ2v) is 11.4. The van der Waals surface area contributed by atoms with Crippen LogP contribution in [0.25, 0.3) is 10.8 Å². The van der Waals surface area contributed by atoms with E-state index in [4.69, 9.17) is 4.74 Å². The van der Waals surface area contributed by atoms with Gasteiger partial charge in [-0.2, -0.15) is 0 Å². The molecule has 2 N–H and O–H groups in total. The van der Waals surface area contributed by atoms with Crippen molar-refractivity contribution in [2.45, 2.75) is 45.4 Å². The Bertz CT molecular complexity index is 1300. The van der Waals surface area contributed by atoms with E-state index in [2.05, 4.69) is 15.5 Å². The number of hydrogen-bond acceptors (Lipinski definition) is 6. The van der Waals surface area contributed by atoms with E-state index in [0.29, 0.717) is 33.9 Å². The SMILES string of the molecule is CNC(=O)c1sc(C(C)(C)C)cc1NC(=O)C(=O)c1ccc(OCCN2CCCCC2)c2ccccc12. The van der Waals surface area contributed by atoms with Gasteiger partial charge in [-0.25, -0.2) is 0 Å². The molecule has 0 unspecified atom stereocenters. The molecule has 0 saturated carbocycles. The first-order valence-corrected chi connectivity index (χ1v) is 13.6. The molecule has 2 heterocycles. The molecule has 1 aromatic heterocycles. The first kappa shape index (κ1) is 26.8. The summed E-state index contributed by atoms with van der Waals surface area (Å²) < 4.78 is 6.11. The number of ether oxygens (including phenoxy) is 1. The van der Waals surface area contributed by atoms with Crippen molar-refractivity contribution in [3.63, 3.8) is 0 Å². The van der Waals surface area contributed by atoms with Gasteiger partial charge in [0, 0.05) is 29.4 Å². The summed E-state index contributed by atoms with van der Waals surface area (Å²) >= 11 is 1.31. The van der Waals surface area contributed by atoms with Crippen molar-refractivity contribution < 1.29 is 19.1 Å². The molecule has 0 bridgehead atoms. The number of fused-ring (bicyclic) bond motifs is 1. The van der Waals surface area contributed by atoms with Crippen LogP contribution in [0.15, 0.2) is 42.5 Å². The Labute approximate surface area is 222 Å². The monoisotopic (exact) mass is 521 g/mol. The molecule has 2 aromatic carbocycles. The molecule has 1 aliphatic heterocycles. The van der Waals surface area contributed by atoms with Crippen LogP contribution in [0, 0.1) is 0 Å². The summed E-state index contributed by atoms with van der Waals surface area (Å²) in [6.07, 6.45) is 3.76. The lowest BCUT2D eigenvalue weighted by molar-refractivity contribution is -0.112. The Morgan fingerprint density at radius 1 is 1.00 bits per heavy atom. The maximum atomic E-state index is 13.3. The van der Waals surface area contributed by atoms with E-state index in [1.54, 1.807) is 18.2 Å². The van der Waals surface area contributed by atoms with Crippen LogP contribution in [0.2, 0.25) is 0 Å². The van der Waals surface area contributed by atoms with Crippen molar-refractivity contribution in [1.29, 1.82) is 0 Å². The standard InChI is InChI=1S/C29H35N3O4S/c1-29(2,3)24-18-22(26(37-24)28(35)30-4)31-27(34)25(33)21-12-13-23(20-11-7-6-10-19(20)21)36-17-16-32-14-8-5-9-15-32/h6-7,10-13,18H,5,8-9,14-17H2,1-4H3,(H,30,35)(H,31,34). The number of hydrogen-bond donors (Lipinski definition) is 2. The van der Waals surface area contributed by atoms with Gasteiger partial charge in [0.15, 0.2) is 0 Å². The van der Waals surface area contributed by atoms with Gasteiger partial charge in [-0.05, 0) is 54.9 Å². The molecule has 8 heteroatoms. The second-order valence-electron chi connectivity index (χ2n) is 10.4. The van der Waals surface area contributed by atoms with Crippen molar-refractivity contribution >= 4 is 45.4 Å². The molecule has 3 aromatic rings. The predicted octanol–water partition coefficient (Wildman–Crippen LogP) is 5.24. The zero-order valence-electron chi connectivity index (χ0n) is 22.0. The molecule has 4 rings (SSSR count). The number of carbonyl (C=O) groups is 3. The molecule has 196 valence electrons. The van der Waals surface area contributed by atoms with Crippen LogP contribution in [0.4, 0.5) is 5.69 Å². The van der Waals surface area contributed by atoms with E-state index >= 15 is 0 Å². The summed E-state index contributed by atoms with van der Waals surface area (Å²) in [5, 5.41) is 6.74. The molecule has 1 saturated heterocycles. The van der Waals surface area contributed by atoms with Crippen LogP contribution in [-0.4, -0.2) is 55.8 Å². The van der Waals surface area contributed by atoms with Crippen molar-refractivity contribution in [1.82, 2.24) is 10.2 Å². The minimum atomic E-state index is -0.785. The first-order valence-electron chi connectivity index (χ1n) is 12.8. The quantitative estimate of drug-likeness (QED) is 0.313. The number of nitrogens with zero attached hydrogens (tertiary/aromatic N) is 1. The molecule has 37 heavy (non-hydrogen) atoms. The van der Waals surface area contributed by atoms with Gasteiger partial charge in [0.2, 0.25) is 0 Å². The number of Topliss-reactive ketones (excluding diaryl/α,β-unsaturated/α-hetero) is 1. The van der Waals surface area contributed by atoms with E-state index in [9.17, 15) is 14.4 Å². The van der Waals surface area contributed by atoms with Crippen LogP contribution in [0.5, 0.6) is 5.75 Å². The zero-order chi connectivity index (χ0) is 26.6. The van der Waals surface area contributed by atoms with Crippen LogP contribution < -0.4 is 15.4 Å². The van der Waals surface area contributed by atoms with Gasteiger partial charge >= 0.3 is 0 Å². The summed E-state index contributed by atoms with van der Waals surface area (Å²) in [5.41, 5.74) is 0.430. The van der Waals surface area contributed by atoms with Crippen molar-refractivity contribution in [2.24, 2.45) is 0 Å². The van der Waals surface area contributed by atoms with Gasteiger partial charge in [0.25, 0.3) is 17.6 Å². The van der Waals surface area contributed by atoms with E-state index < -0.39 is 11.7 Å². The predicted molar refractivity (Wildman–Crippen MR) is 149 cm³/mol. The van der Waals surface area contributed by atoms with E-state index in [1.807, 2.05) is 45.0 Å². The molecule has 0 spiro atoms. The Hall–Kier alpha value is -3.23. The Morgan fingerprint density at radius 3 is 2.38 bits per heavy atom. The van der Waals surface area contributed by atoms with Crippen LogP contribution in [0.1, 0.15) is 64.9 Å². The maximum Gasteiger partial charge on any atom is 0.296 e. The van der Waals surface area contributed by atoms with Gasteiger partial charge in [0.1, 0.15) is 17.2 Å². The summed E-state index contributed by atoms with van der Waals surface area (Å²) in [7, 11) is 1.54. The van der Waals surface area contributed by atoms with Crippen molar-refractivity contribution in [2.75, 3.05) is 38.6 Å². The number of thiophene rings is 1. The van der Waals surface area contributed by atoms with Crippen molar-refractivity contribution in [3.8, 4) is 5.75 Å². The van der Waals surface area contributed by atoms with Gasteiger partial charge < -0.3 is 15.4 Å². The topological polar surface area (TPSA) is 87.7 Å². The number of benzene rings is 2. The minimum absolute atomic E-state index is 0.208. The molecule has 2 amide bonds. The molecule has 0 aliphatic carbocycles. The fraction of sp³-hybridized carbons (Fsp3) is 0.414. The average Bonchev–Trinajstić information content (AvgIpc) is 3.33. The van der Waals surface area contributed by atoms with Crippen LogP contribution in [-0.2, 0) is 10.2 Å². The van der Waals surface area contributed by atoms with Gasteiger partial charge in [-0.3, -0.25) is 19.3 Å². The number of nitrogens with one attached hydrogen (secondary N) is 2. The third-order valence-corrected chi connectivity index (χ3v) is 8.16. The number of piperidine rings is 1. The molecule has 1 aliphatic rings. The summed E-state index contributed by atoms with van der Waals surface area (Å²) in [5.74, 6) is -1.06. The number of rotatable bonds is 8. The molecular formula is C29H35N3O4S. The molecule has 1 fully saturated rings. The molecule has 7 nitrogen and oxygen atoms in total. The first-order chi connectivity index (χ1) is 17.7. The smallest absolute Gasteiger partial charge is 0.296 e. The van der Waals surface area contributed by atoms with Crippen LogP contribution in [0.3, 0.4) is 0 Å². The van der Waals surface area contributed by atoms with E-state index in [1.165, 1.54) is 37.6 Å². The van der Waals surface area contributed by atoms with Gasteiger partial charge in [-0.15, -0.1) is 11.3 Å². The molecule has 0 radical (unpaired) electrons. The fourth-order valence-corrected chi connectivity index (χ4v) is 5.62. The second kappa shape index (κ2) is 11.4. The highest BCUT2D eigenvalue weighted by Gasteiger charge is 2.26. The lowest BCUT2D eigenvalue weighted by Gasteiger charge is -2.26. The summed E-state index contributed by atoms with van der Waals surface area (Å²) in [6, 6.07) is 12.6. The lowest BCUT2D eigenvalue weighted by atomic mass is 9.94. The Balaban J connectivity index is 1.54. The van der Waals surface area contributed by atoms with Crippen LogP contribution >= 0.6 is 11.3 Å². The van der Waals surface area contributed by atoms with Gasteiger partial charge in [-0.1, -0.05) is 51.5 Å². The largest absolute Gasteiger partial charge is 0.492 e. The molecular weight excluding hydrogens is 486 g/mol. The fourth-order valence-electron chi connectivity index (χ4n) is 4.50. The number of amides is 2. The zero-order valence-corrected chi connectivity index (χ0v) is 22.8. The minimum Gasteiger partial charge on any atom is -0.492 e. The number of ketones is 1. The maximum absolute atomic E-state index is 13.3. The summed E-state index contributed by atoms with van der Waals surface area (Å²) in [4.78, 5) is 42.5. The number of carbonyl (C=O) groups excluding carboxylic acids is 3. The number of likely N-dealkylation sites (tertiary alicyclic amines) is 1. The third-order valence-electron chi connectivity index (χ3n) is 6.60.